The molecule has 25 heavy (non-hydrogen) atoms. The highest BCUT2D eigenvalue weighted by Gasteiger charge is 2.21. The molecule has 0 fully saturated rings. The summed E-state index contributed by atoms with van der Waals surface area (Å²) in [5.41, 5.74) is -1.02. The van der Waals surface area contributed by atoms with Crippen molar-refractivity contribution < 1.29 is 9.79 Å². The first kappa shape index (κ1) is 20.8. The summed E-state index contributed by atoms with van der Waals surface area (Å²) in [5, 5.41) is 0. The van der Waals surface area contributed by atoms with Gasteiger partial charge in [0.25, 0.3) is 0 Å². The van der Waals surface area contributed by atoms with Gasteiger partial charge in [-0.1, -0.05) is 86.4 Å². The first-order valence-corrected chi connectivity index (χ1v) is 13.4. The van der Waals surface area contributed by atoms with E-state index in [1.165, 1.54) is 11.1 Å². The Kier molecular flexibility index (Phi) is 7.42. The van der Waals surface area contributed by atoms with Crippen LogP contribution in [-0.4, -0.2) is 9.79 Å². The number of thiol groups is 1. The summed E-state index contributed by atoms with van der Waals surface area (Å²) >= 11 is 4.28. The van der Waals surface area contributed by atoms with Crippen LogP contribution in [0.3, 0.4) is 0 Å². The van der Waals surface area contributed by atoms with E-state index in [2.05, 4.69) is 52.1 Å². The summed E-state index contributed by atoms with van der Waals surface area (Å²) in [6, 6.07) is 16.3. The Morgan fingerprint density at radius 3 is 1.48 bits per heavy atom. The van der Waals surface area contributed by atoms with Gasteiger partial charge >= 0.3 is 0 Å². The predicted octanol–water partition coefficient (Wildman–Crippen LogP) is 5.71. The fourth-order valence-corrected chi connectivity index (χ4v) is 9.20. The van der Waals surface area contributed by atoms with Crippen LogP contribution in [0.2, 0.25) is 0 Å². The van der Waals surface area contributed by atoms with Crippen LogP contribution < -0.4 is 0 Å². The average molecular weight is 397 g/mol. The molecule has 0 aliphatic heterocycles. The predicted molar refractivity (Wildman–Crippen MR) is 114 cm³/mol. The quantitative estimate of drug-likeness (QED) is 0.432. The third-order valence-corrected chi connectivity index (χ3v) is 10.1. The van der Waals surface area contributed by atoms with Gasteiger partial charge in [0.1, 0.15) is 0 Å². The molecule has 0 bridgehead atoms. The summed E-state index contributed by atoms with van der Waals surface area (Å²) < 4.78 is 0. The number of rotatable bonds is 6. The molecule has 0 aliphatic carbocycles. The Hall–Kier alpha value is -0.510. The summed E-state index contributed by atoms with van der Waals surface area (Å²) in [4.78, 5) is 23.3. The van der Waals surface area contributed by atoms with E-state index in [0.29, 0.717) is 11.8 Å². The summed E-state index contributed by atoms with van der Waals surface area (Å²) in [6.45, 7) is 8.73. The van der Waals surface area contributed by atoms with E-state index < -0.39 is 15.8 Å². The monoisotopic (exact) mass is 396 g/mol. The van der Waals surface area contributed by atoms with Crippen LogP contribution >= 0.6 is 17.9 Å². The zero-order valence-corrected chi connectivity index (χ0v) is 18.0. The van der Waals surface area contributed by atoms with Crippen LogP contribution in [0, 0.1) is 11.8 Å². The molecule has 0 atom stereocenters. The van der Waals surface area contributed by atoms with Crippen LogP contribution in [-0.2, 0) is 22.9 Å². The molecule has 0 amide bonds. The van der Waals surface area contributed by atoms with Crippen LogP contribution in [0.15, 0.2) is 58.3 Å². The minimum absolute atomic E-state index is 0.502. The van der Waals surface area contributed by atoms with E-state index >= 15 is 0 Å². The molecule has 2 nitrogen and oxygen atoms in total. The van der Waals surface area contributed by atoms with Gasteiger partial charge < -0.3 is 9.79 Å². The van der Waals surface area contributed by atoms with Crippen molar-refractivity contribution in [1.29, 1.82) is 0 Å². The molecule has 0 saturated heterocycles. The SMILES string of the molecule is CC(C)Cc1ccccc1S(c1ccccc1CC(C)C)=P(O)(O)S. The molecule has 5 heteroatoms. The molecular weight excluding hydrogens is 367 g/mol. The lowest BCUT2D eigenvalue weighted by molar-refractivity contribution is 0.502. The fraction of sp³-hybridized carbons (Fsp3) is 0.400. The van der Waals surface area contributed by atoms with Crippen molar-refractivity contribution in [3.63, 3.8) is 0 Å². The smallest absolute Gasteiger partial charge is 0.207 e. The van der Waals surface area contributed by atoms with E-state index in [-0.39, 0.29) is 0 Å². The van der Waals surface area contributed by atoms with Gasteiger partial charge in [0, 0.05) is 9.79 Å². The normalized spacial score (nSPS) is 12.4. The summed E-state index contributed by atoms with van der Waals surface area (Å²) in [5.74, 6) is 1.00. The Morgan fingerprint density at radius 2 is 1.16 bits per heavy atom. The van der Waals surface area contributed by atoms with E-state index in [0.717, 1.165) is 22.6 Å². The molecule has 0 aliphatic rings. The highest BCUT2D eigenvalue weighted by molar-refractivity contribution is 8.65. The maximum absolute atomic E-state index is 10.6. The van der Waals surface area contributed by atoms with Gasteiger partial charge in [-0.2, -0.15) is 0 Å². The molecule has 0 radical (unpaired) electrons. The van der Waals surface area contributed by atoms with Crippen molar-refractivity contribution in [2.75, 3.05) is 0 Å². The molecule has 2 rings (SSSR count). The molecule has 0 spiro atoms. The van der Waals surface area contributed by atoms with E-state index in [1.54, 1.807) is 0 Å². The average Bonchev–Trinajstić information content (AvgIpc) is 2.48. The Morgan fingerprint density at radius 1 is 0.800 bits per heavy atom. The fourth-order valence-electron chi connectivity index (χ4n) is 2.98. The molecule has 0 heterocycles. The zero-order chi connectivity index (χ0) is 18.6. The van der Waals surface area contributed by atoms with Gasteiger partial charge in [-0.15, -0.1) is 0 Å². The lowest BCUT2D eigenvalue weighted by Crippen LogP contribution is -2.06. The Balaban J connectivity index is 2.71. The van der Waals surface area contributed by atoms with E-state index in [9.17, 15) is 9.79 Å². The zero-order valence-electron chi connectivity index (χ0n) is 15.4. The van der Waals surface area contributed by atoms with E-state index in [4.69, 9.17) is 0 Å². The lowest BCUT2D eigenvalue weighted by atomic mass is 10.0. The molecule has 138 valence electrons. The standard InChI is InChI=1S/C20H29O2PS2/c1-15(2)13-17-9-5-7-11-19(17)25(23(21,22)24)20-12-8-6-10-18(20)14-16(3)4/h5-12,15-16,21-22,24H,13-14H2,1-4H3. The van der Waals surface area contributed by atoms with Crippen molar-refractivity contribution in [3.8, 4) is 0 Å². The van der Waals surface area contributed by atoms with Crippen LogP contribution in [0.25, 0.3) is 0 Å². The molecule has 0 unspecified atom stereocenters. The first-order chi connectivity index (χ1) is 11.7. The lowest BCUT2D eigenvalue weighted by Gasteiger charge is -2.23. The van der Waals surface area contributed by atoms with Crippen LogP contribution in [0.4, 0.5) is 0 Å². The highest BCUT2D eigenvalue weighted by Crippen LogP contribution is 2.52. The first-order valence-electron chi connectivity index (χ1n) is 8.68. The minimum Gasteiger partial charge on any atom is -0.341 e. The highest BCUT2D eigenvalue weighted by atomic mass is 32.9. The molecule has 0 aromatic heterocycles. The molecular formula is C20H29O2PS2. The Bertz CT molecular complexity index is 715. The van der Waals surface area contributed by atoms with E-state index in [1.807, 2.05) is 36.4 Å². The molecule has 2 aromatic carbocycles. The third-order valence-electron chi connectivity index (χ3n) is 3.86. The molecule has 0 saturated carbocycles. The summed E-state index contributed by atoms with van der Waals surface area (Å²) in [6.07, 6.45) is 1.83. The number of hydrogen-bond acceptors (Lipinski definition) is 0. The largest absolute Gasteiger partial charge is 0.341 e. The van der Waals surface area contributed by atoms with Crippen molar-refractivity contribution in [2.24, 2.45) is 11.8 Å². The summed E-state index contributed by atoms with van der Waals surface area (Å²) in [7, 11) is -0.838. The second-order valence-corrected chi connectivity index (χ2v) is 14.8. The maximum atomic E-state index is 10.6. The van der Waals surface area contributed by atoms with Gasteiger partial charge in [-0.25, -0.2) is 0 Å². The van der Waals surface area contributed by atoms with Crippen LogP contribution in [0.1, 0.15) is 38.8 Å². The van der Waals surface area contributed by atoms with Crippen molar-refractivity contribution in [3.05, 3.63) is 59.7 Å². The van der Waals surface area contributed by atoms with Crippen molar-refractivity contribution in [2.45, 2.75) is 50.3 Å². The van der Waals surface area contributed by atoms with Gasteiger partial charge in [0.15, 0.2) is 0 Å². The van der Waals surface area contributed by atoms with Gasteiger partial charge in [0.2, 0.25) is 5.69 Å². The topological polar surface area (TPSA) is 40.5 Å². The minimum atomic E-state index is -3.39. The molecule has 2 aromatic rings. The second kappa shape index (κ2) is 8.92. The van der Waals surface area contributed by atoms with Crippen molar-refractivity contribution >= 4 is 28.0 Å². The Labute approximate surface area is 159 Å². The van der Waals surface area contributed by atoms with Gasteiger partial charge in [-0.3, -0.25) is 0 Å². The maximum Gasteiger partial charge on any atom is 0.207 e. The third kappa shape index (κ3) is 5.74. The van der Waals surface area contributed by atoms with Crippen molar-refractivity contribution in [1.82, 2.24) is 0 Å². The number of benzene rings is 2. The van der Waals surface area contributed by atoms with Crippen LogP contribution in [0.5, 0.6) is 0 Å². The molecule has 2 N–H and O–H groups in total. The van der Waals surface area contributed by atoms with Gasteiger partial charge in [-0.05, 0) is 47.9 Å². The van der Waals surface area contributed by atoms with Gasteiger partial charge in [0.05, 0.1) is 0 Å². The second-order valence-electron chi connectivity index (χ2n) is 7.21. The number of hydrogen-bond donors (Lipinski definition) is 3.